The topological polar surface area (TPSA) is 88.5 Å². The summed E-state index contributed by atoms with van der Waals surface area (Å²) in [7, 11) is 0. The first-order valence-electron chi connectivity index (χ1n) is 11.9. The summed E-state index contributed by atoms with van der Waals surface area (Å²) in [5, 5.41) is 8.59. The van der Waals surface area contributed by atoms with Crippen LogP contribution < -0.4 is 10.5 Å². The van der Waals surface area contributed by atoms with Gasteiger partial charge in [0.1, 0.15) is 18.6 Å². The molecule has 5 rings (SSSR count). The Morgan fingerprint density at radius 1 is 1.14 bits per heavy atom. The summed E-state index contributed by atoms with van der Waals surface area (Å²) in [5.41, 5.74) is 14.4. The molecule has 3 N–H and O–H groups in total. The summed E-state index contributed by atoms with van der Waals surface area (Å²) < 4.78 is 5.95. The van der Waals surface area contributed by atoms with Gasteiger partial charge in [0.2, 0.25) is 0 Å². The molecule has 2 atom stereocenters. The Morgan fingerprint density at radius 2 is 1.94 bits per heavy atom. The molecular weight excluding hydrogens is 434 g/mol. The summed E-state index contributed by atoms with van der Waals surface area (Å²) in [6.07, 6.45) is 12.8. The zero-order valence-electron chi connectivity index (χ0n) is 20.0. The molecule has 2 unspecified atom stereocenters. The van der Waals surface area contributed by atoms with Crippen molar-refractivity contribution in [3.05, 3.63) is 112 Å². The van der Waals surface area contributed by atoms with Crippen molar-refractivity contribution < 1.29 is 9.53 Å². The second-order valence-electron chi connectivity index (χ2n) is 9.52. The Morgan fingerprint density at radius 3 is 2.66 bits per heavy atom. The molecular formula is C30H29N3O2. The highest BCUT2D eigenvalue weighted by molar-refractivity contribution is 6.06. The van der Waals surface area contributed by atoms with E-state index in [9.17, 15) is 4.79 Å². The molecule has 0 bridgehead atoms. The van der Waals surface area contributed by atoms with Crippen molar-refractivity contribution >= 4 is 18.2 Å². The first-order chi connectivity index (χ1) is 16.9. The van der Waals surface area contributed by atoms with E-state index in [4.69, 9.17) is 15.9 Å². The van der Waals surface area contributed by atoms with Crippen molar-refractivity contribution in [3.8, 4) is 5.75 Å². The number of benzene rings is 2. The van der Waals surface area contributed by atoms with Gasteiger partial charge in [-0.1, -0.05) is 48.6 Å². The standard InChI is InChI=1S/C30H29N3O2/c1-19-11-12-30(27(31)13-19)26-15-23(16-33-28(26)29(30)32)7-8-24-9-10-25(14-20(24)2)35-18-22-5-3-21(17-34)4-6-22/h3-6,9-17,26,31H,7-8,18,32H2,1-2H3. The fraction of sp³-hybridized carbons (Fsp3) is 0.233. The zero-order chi connectivity index (χ0) is 24.6. The number of nitrogens with two attached hydrogens (primary N) is 1. The van der Waals surface area contributed by atoms with Gasteiger partial charge >= 0.3 is 0 Å². The number of aliphatic imine (C=N–C) groups is 1. The van der Waals surface area contributed by atoms with Gasteiger partial charge in [-0.05, 0) is 72.7 Å². The van der Waals surface area contributed by atoms with Gasteiger partial charge in [-0.3, -0.25) is 9.79 Å². The van der Waals surface area contributed by atoms with E-state index >= 15 is 0 Å². The van der Waals surface area contributed by atoms with Gasteiger partial charge in [0, 0.05) is 29.1 Å². The van der Waals surface area contributed by atoms with E-state index < -0.39 is 5.41 Å². The van der Waals surface area contributed by atoms with Crippen molar-refractivity contribution in [2.75, 3.05) is 0 Å². The van der Waals surface area contributed by atoms with Gasteiger partial charge in [-0.15, -0.1) is 0 Å². The highest BCUT2D eigenvalue weighted by atomic mass is 16.5. The van der Waals surface area contributed by atoms with Crippen molar-refractivity contribution in [2.45, 2.75) is 33.3 Å². The number of hydrogen-bond acceptors (Lipinski definition) is 5. The minimum Gasteiger partial charge on any atom is -0.489 e. The molecule has 3 aliphatic rings. The van der Waals surface area contributed by atoms with Crippen LogP contribution in [0.15, 0.2) is 94.3 Å². The number of carbonyl (C=O) groups is 1. The number of nitrogens with zero attached hydrogens (tertiary/aromatic N) is 1. The summed E-state index contributed by atoms with van der Waals surface area (Å²) in [4.78, 5) is 15.4. The molecule has 1 aliphatic heterocycles. The van der Waals surface area contributed by atoms with Gasteiger partial charge in [-0.25, -0.2) is 0 Å². The van der Waals surface area contributed by atoms with Crippen LogP contribution in [0.3, 0.4) is 0 Å². The number of aryl methyl sites for hydroxylation is 2. The van der Waals surface area contributed by atoms with Gasteiger partial charge in [0.15, 0.2) is 0 Å². The van der Waals surface area contributed by atoms with E-state index in [2.05, 4.69) is 42.3 Å². The number of allylic oxidation sites excluding steroid dienone is 6. The summed E-state index contributed by atoms with van der Waals surface area (Å²) in [5.74, 6) is 0.866. The quantitative estimate of drug-likeness (QED) is 0.520. The molecule has 0 saturated carbocycles. The second-order valence-corrected chi connectivity index (χ2v) is 9.52. The van der Waals surface area contributed by atoms with Crippen molar-refractivity contribution in [1.29, 1.82) is 5.41 Å². The van der Waals surface area contributed by atoms with E-state index in [-0.39, 0.29) is 5.92 Å². The minimum absolute atomic E-state index is 0.0353. The normalized spacial score (nSPS) is 22.5. The summed E-state index contributed by atoms with van der Waals surface area (Å²) >= 11 is 0. The fourth-order valence-electron chi connectivity index (χ4n) is 5.03. The van der Waals surface area contributed by atoms with Crippen LogP contribution in [-0.2, 0) is 13.0 Å². The van der Waals surface area contributed by atoms with Crippen LogP contribution in [0.5, 0.6) is 5.75 Å². The predicted molar refractivity (Wildman–Crippen MR) is 140 cm³/mol. The third kappa shape index (κ3) is 4.08. The lowest BCUT2D eigenvalue weighted by Crippen LogP contribution is -2.51. The molecule has 0 radical (unpaired) electrons. The molecule has 0 fully saturated rings. The molecule has 2 aliphatic carbocycles. The highest BCUT2D eigenvalue weighted by Gasteiger charge is 2.54. The molecule has 5 heteroatoms. The lowest BCUT2D eigenvalue weighted by molar-refractivity contribution is 0.112. The average molecular weight is 464 g/mol. The molecule has 176 valence electrons. The van der Waals surface area contributed by atoms with Gasteiger partial charge in [0.05, 0.1) is 11.1 Å². The first kappa shape index (κ1) is 22.8. The molecule has 0 saturated heterocycles. The molecule has 5 nitrogen and oxygen atoms in total. The Bertz CT molecular complexity index is 1360. The smallest absolute Gasteiger partial charge is 0.150 e. The molecule has 0 amide bonds. The Hall–Kier alpha value is -3.99. The van der Waals surface area contributed by atoms with Crippen LogP contribution in [0.25, 0.3) is 0 Å². The average Bonchev–Trinajstić information content (AvgIpc) is 2.87. The van der Waals surface area contributed by atoms with E-state index in [1.165, 1.54) is 16.7 Å². The molecule has 35 heavy (non-hydrogen) atoms. The zero-order valence-corrected chi connectivity index (χ0v) is 20.0. The number of carbonyl (C=O) groups excluding carboxylic acids is 1. The third-order valence-electron chi connectivity index (χ3n) is 7.20. The van der Waals surface area contributed by atoms with Crippen LogP contribution in [0.4, 0.5) is 0 Å². The largest absolute Gasteiger partial charge is 0.489 e. The molecule has 0 aromatic heterocycles. The van der Waals surface area contributed by atoms with Crippen molar-refractivity contribution in [2.24, 2.45) is 22.1 Å². The fourth-order valence-corrected chi connectivity index (χ4v) is 5.03. The van der Waals surface area contributed by atoms with Gasteiger partial charge in [-0.2, -0.15) is 0 Å². The van der Waals surface area contributed by atoms with Crippen molar-refractivity contribution in [1.82, 2.24) is 0 Å². The number of hydrogen-bond donors (Lipinski definition) is 2. The van der Waals surface area contributed by atoms with E-state index in [1.54, 1.807) is 12.1 Å². The first-order valence-corrected chi connectivity index (χ1v) is 11.9. The Kier molecular flexibility index (Phi) is 5.85. The molecule has 2 aromatic carbocycles. The summed E-state index contributed by atoms with van der Waals surface area (Å²) in [6.45, 7) is 4.57. The lowest BCUT2D eigenvalue weighted by Gasteiger charge is -2.49. The molecule has 1 heterocycles. The number of nitrogens with one attached hydrogen (secondary N) is 1. The second kappa shape index (κ2) is 8.99. The third-order valence-corrected chi connectivity index (χ3v) is 7.20. The maximum absolute atomic E-state index is 10.8. The van der Waals surface area contributed by atoms with E-state index in [0.29, 0.717) is 23.6 Å². The van der Waals surface area contributed by atoms with Gasteiger partial charge < -0.3 is 15.9 Å². The number of fused-ring (bicyclic) bond motifs is 2. The molecule has 1 spiro atoms. The highest BCUT2D eigenvalue weighted by Crippen LogP contribution is 2.55. The van der Waals surface area contributed by atoms with Gasteiger partial charge in [0.25, 0.3) is 0 Å². The van der Waals surface area contributed by atoms with Crippen LogP contribution in [0, 0.1) is 23.7 Å². The maximum Gasteiger partial charge on any atom is 0.150 e. The summed E-state index contributed by atoms with van der Waals surface area (Å²) in [6, 6.07) is 13.6. The predicted octanol–water partition coefficient (Wildman–Crippen LogP) is 5.65. The minimum atomic E-state index is -0.541. The Balaban J connectivity index is 1.23. The van der Waals surface area contributed by atoms with Crippen LogP contribution in [0.1, 0.15) is 40.4 Å². The Labute approximate surface area is 205 Å². The number of dihydropyridines is 1. The van der Waals surface area contributed by atoms with Crippen LogP contribution in [-0.4, -0.2) is 18.2 Å². The number of ether oxygens (including phenoxy) is 1. The van der Waals surface area contributed by atoms with Crippen LogP contribution >= 0.6 is 0 Å². The molecule has 2 aromatic rings. The van der Waals surface area contributed by atoms with Crippen molar-refractivity contribution in [3.63, 3.8) is 0 Å². The number of rotatable bonds is 7. The lowest BCUT2D eigenvalue weighted by atomic mass is 9.56. The monoisotopic (exact) mass is 463 g/mol. The van der Waals surface area contributed by atoms with E-state index in [0.717, 1.165) is 41.7 Å². The number of aldehydes is 1. The van der Waals surface area contributed by atoms with E-state index in [1.807, 2.05) is 37.4 Å². The van der Waals surface area contributed by atoms with Crippen LogP contribution in [0.2, 0.25) is 0 Å². The maximum atomic E-state index is 10.8. The SMILES string of the molecule is CC1=CC(=N)C2(C=C1)C(N)=C1N=CC(CCc3ccc(OCc4ccc(C=O)cc4)cc3C)=CC12.